The molecule has 0 radical (unpaired) electrons. The third kappa shape index (κ3) is 66.4. The summed E-state index contributed by atoms with van der Waals surface area (Å²) in [5.41, 5.74) is 0. The first-order valence-corrected chi connectivity index (χ1v) is 36.0. The highest BCUT2D eigenvalue weighted by atomic mass is 16.6. The normalized spacial score (nSPS) is 12.2. The van der Waals surface area contributed by atoms with Crippen LogP contribution in [0, 0.1) is 0 Å². The highest BCUT2D eigenvalue weighted by molar-refractivity contribution is 5.71. The molecule has 0 saturated heterocycles. The molecule has 1 unspecified atom stereocenters. The van der Waals surface area contributed by atoms with Gasteiger partial charge in [-0.15, -0.1) is 0 Å². The van der Waals surface area contributed by atoms with Gasteiger partial charge in [0, 0.05) is 19.3 Å². The largest absolute Gasteiger partial charge is 0.462 e. The molecule has 470 valence electrons. The van der Waals surface area contributed by atoms with E-state index in [0.29, 0.717) is 19.3 Å². The highest BCUT2D eigenvalue weighted by Gasteiger charge is 2.19. The lowest BCUT2D eigenvalue weighted by molar-refractivity contribution is -0.167. The van der Waals surface area contributed by atoms with E-state index in [1.54, 1.807) is 0 Å². The van der Waals surface area contributed by atoms with Gasteiger partial charge in [-0.25, -0.2) is 0 Å². The number of rotatable bonds is 67. The summed E-state index contributed by atoms with van der Waals surface area (Å²) in [6.45, 7) is 6.70. The monoisotopic (exact) mass is 1120 g/mol. The van der Waals surface area contributed by atoms with Gasteiger partial charge in [-0.05, 0) is 57.8 Å². The maximum atomic E-state index is 13.0. The van der Waals surface area contributed by atoms with Crippen molar-refractivity contribution in [3.05, 3.63) is 36.5 Å². The van der Waals surface area contributed by atoms with Crippen molar-refractivity contribution in [1.82, 2.24) is 0 Å². The Hall–Kier alpha value is -2.37. The number of ether oxygens (including phenoxy) is 3. The predicted molar refractivity (Wildman–Crippen MR) is 349 cm³/mol. The number of esters is 3. The molecule has 0 saturated carbocycles. The molecule has 6 nitrogen and oxygen atoms in total. The maximum absolute atomic E-state index is 13.0. The summed E-state index contributed by atoms with van der Waals surface area (Å²) in [5, 5.41) is 0. The van der Waals surface area contributed by atoms with Crippen molar-refractivity contribution in [2.75, 3.05) is 13.2 Å². The number of unbranched alkanes of at least 4 members (excludes halogenated alkanes) is 50. The molecule has 0 heterocycles. The summed E-state index contributed by atoms with van der Waals surface area (Å²) in [6, 6.07) is 0. The smallest absolute Gasteiger partial charge is 0.306 e. The second-order valence-corrected chi connectivity index (χ2v) is 24.5. The Morgan fingerprint density at radius 3 is 0.700 bits per heavy atom. The number of allylic oxidation sites excluding steroid dienone is 6. The molecule has 0 N–H and O–H groups in total. The van der Waals surface area contributed by atoms with Crippen LogP contribution < -0.4 is 0 Å². The minimum absolute atomic E-state index is 0.0717. The second-order valence-electron chi connectivity index (χ2n) is 24.5. The van der Waals surface area contributed by atoms with Crippen LogP contribution in [0.3, 0.4) is 0 Å². The van der Waals surface area contributed by atoms with Crippen molar-refractivity contribution in [2.45, 2.75) is 406 Å². The van der Waals surface area contributed by atoms with E-state index < -0.39 is 6.10 Å². The molecule has 0 aliphatic heterocycles. The Balaban J connectivity index is 4.31. The molecule has 0 aliphatic rings. The molecule has 0 bridgehead atoms. The minimum Gasteiger partial charge on any atom is -0.462 e. The van der Waals surface area contributed by atoms with Gasteiger partial charge >= 0.3 is 17.9 Å². The Kier molecular flexibility index (Phi) is 67.1. The van der Waals surface area contributed by atoms with Gasteiger partial charge in [-0.1, -0.05) is 359 Å². The first-order valence-electron chi connectivity index (χ1n) is 36.0. The van der Waals surface area contributed by atoms with Crippen molar-refractivity contribution >= 4 is 17.9 Å². The molecule has 0 rings (SSSR count). The summed E-state index contributed by atoms with van der Waals surface area (Å²) in [4.78, 5) is 38.5. The van der Waals surface area contributed by atoms with Crippen LogP contribution in [0.1, 0.15) is 400 Å². The summed E-state index contributed by atoms with van der Waals surface area (Å²) >= 11 is 0. The molecular formula is C74H138O6. The van der Waals surface area contributed by atoms with Crippen LogP contribution in [0.2, 0.25) is 0 Å². The summed E-state index contributed by atoms with van der Waals surface area (Å²) in [6.07, 6.45) is 86.0. The molecule has 0 aromatic carbocycles. The first-order chi connectivity index (χ1) is 39.5. The first kappa shape index (κ1) is 77.6. The number of hydrogen-bond donors (Lipinski definition) is 0. The van der Waals surface area contributed by atoms with Crippen LogP contribution in [0.15, 0.2) is 36.5 Å². The third-order valence-corrected chi connectivity index (χ3v) is 16.4. The van der Waals surface area contributed by atoms with Crippen LogP contribution in [0.5, 0.6) is 0 Å². The van der Waals surface area contributed by atoms with Gasteiger partial charge in [0.05, 0.1) is 0 Å². The number of carbonyl (C=O) groups excluding carboxylic acids is 3. The fraction of sp³-hybridized carbons (Fsp3) is 0.878. The molecule has 80 heavy (non-hydrogen) atoms. The van der Waals surface area contributed by atoms with Crippen molar-refractivity contribution in [1.29, 1.82) is 0 Å². The summed E-state index contributed by atoms with van der Waals surface area (Å²) in [7, 11) is 0. The molecule has 0 amide bonds. The standard InChI is InChI=1S/C74H138O6/c1-4-7-10-13-16-19-22-25-28-31-33-35-36-37-39-40-43-46-49-52-55-58-61-64-67-73(76)79-70-71(69-78-72(75)66-63-60-57-54-51-48-45-42-30-27-24-21-18-15-12-9-6-3)80-74(77)68-65-62-59-56-53-50-47-44-41-38-34-32-29-26-23-20-17-14-11-8-5-2/h23,26,32,34,41,44,71H,4-22,24-25,27-31,33,35-40,42-43,45-70H2,1-3H3/b26-23-,34-32-,44-41-. The van der Waals surface area contributed by atoms with Crippen LogP contribution in [0.25, 0.3) is 0 Å². The zero-order chi connectivity index (χ0) is 57.8. The van der Waals surface area contributed by atoms with Crippen molar-refractivity contribution in [2.24, 2.45) is 0 Å². The van der Waals surface area contributed by atoms with Gasteiger partial charge < -0.3 is 14.2 Å². The van der Waals surface area contributed by atoms with Crippen LogP contribution in [0.4, 0.5) is 0 Å². The second kappa shape index (κ2) is 69.1. The van der Waals surface area contributed by atoms with Gasteiger partial charge in [0.25, 0.3) is 0 Å². The van der Waals surface area contributed by atoms with Crippen molar-refractivity contribution < 1.29 is 28.6 Å². The SMILES string of the molecule is CCCCCCC/C=C\C/C=C\C/C=C\CCCCCCCCC(=O)OC(COC(=O)CCCCCCCCCCCCCCCCCCC)COC(=O)CCCCCCCCCCCCCCCCCCCCCCCCCC. The lowest BCUT2D eigenvalue weighted by atomic mass is 10.0. The van der Waals surface area contributed by atoms with Gasteiger partial charge in [-0.2, -0.15) is 0 Å². The topological polar surface area (TPSA) is 78.9 Å². The Labute approximate surface area is 499 Å². The molecule has 0 spiro atoms. The quantitative estimate of drug-likeness (QED) is 0.0261. The fourth-order valence-corrected chi connectivity index (χ4v) is 11.0. The molecule has 0 fully saturated rings. The van der Waals surface area contributed by atoms with Gasteiger partial charge in [0.2, 0.25) is 0 Å². The van der Waals surface area contributed by atoms with Crippen molar-refractivity contribution in [3.8, 4) is 0 Å². The van der Waals surface area contributed by atoms with E-state index in [2.05, 4.69) is 57.2 Å². The Morgan fingerprint density at radius 2 is 0.450 bits per heavy atom. The molecule has 0 aromatic heterocycles. The average Bonchev–Trinajstić information content (AvgIpc) is 3.46. The summed E-state index contributed by atoms with van der Waals surface area (Å²) in [5.74, 6) is -0.852. The average molecular weight is 1120 g/mol. The molecule has 0 aromatic rings. The van der Waals surface area contributed by atoms with E-state index in [4.69, 9.17) is 14.2 Å². The van der Waals surface area contributed by atoms with Gasteiger partial charge in [-0.3, -0.25) is 14.4 Å². The van der Waals surface area contributed by atoms with E-state index in [1.807, 2.05) is 0 Å². The molecule has 1 atom stereocenters. The number of hydrogen-bond acceptors (Lipinski definition) is 6. The van der Waals surface area contributed by atoms with Crippen molar-refractivity contribution in [3.63, 3.8) is 0 Å². The zero-order valence-electron chi connectivity index (χ0n) is 54.1. The maximum Gasteiger partial charge on any atom is 0.306 e. The van der Waals surface area contributed by atoms with Crippen LogP contribution in [-0.4, -0.2) is 37.2 Å². The minimum atomic E-state index is -0.777. The highest BCUT2D eigenvalue weighted by Crippen LogP contribution is 2.19. The van der Waals surface area contributed by atoms with E-state index in [9.17, 15) is 14.4 Å². The predicted octanol–water partition coefficient (Wildman–Crippen LogP) is 24.7. The number of carbonyl (C=O) groups is 3. The van der Waals surface area contributed by atoms with Crippen LogP contribution >= 0.6 is 0 Å². The molecule has 0 aliphatic carbocycles. The van der Waals surface area contributed by atoms with Gasteiger partial charge in [0.1, 0.15) is 13.2 Å². The molecule has 6 heteroatoms. The van der Waals surface area contributed by atoms with E-state index in [0.717, 1.165) is 77.0 Å². The van der Waals surface area contributed by atoms with Crippen LogP contribution in [-0.2, 0) is 28.6 Å². The molecular weight excluding hydrogens is 985 g/mol. The lowest BCUT2D eigenvalue weighted by Gasteiger charge is -2.18. The Morgan fingerprint density at radius 1 is 0.250 bits per heavy atom. The van der Waals surface area contributed by atoms with E-state index >= 15 is 0 Å². The van der Waals surface area contributed by atoms with E-state index in [1.165, 1.54) is 283 Å². The Bertz CT molecular complexity index is 1340. The summed E-state index contributed by atoms with van der Waals surface area (Å²) < 4.78 is 17.0. The third-order valence-electron chi connectivity index (χ3n) is 16.4. The van der Waals surface area contributed by atoms with Gasteiger partial charge in [0.15, 0.2) is 6.10 Å². The van der Waals surface area contributed by atoms with E-state index in [-0.39, 0.29) is 31.1 Å². The zero-order valence-corrected chi connectivity index (χ0v) is 54.1. The lowest BCUT2D eigenvalue weighted by Crippen LogP contribution is -2.30. The fourth-order valence-electron chi connectivity index (χ4n) is 11.0.